The summed E-state index contributed by atoms with van der Waals surface area (Å²) in [7, 11) is 0. The molecule has 0 bridgehead atoms. The van der Waals surface area contributed by atoms with Crippen molar-refractivity contribution in [3.05, 3.63) is 17.7 Å². The van der Waals surface area contributed by atoms with E-state index in [0.717, 1.165) is 56.6 Å². The lowest BCUT2D eigenvalue weighted by Crippen LogP contribution is -2.53. The van der Waals surface area contributed by atoms with Crippen molar-refractivity contribution >= 4 is 11.8 Å². The van der Waals surface area contributed by atoms with Crippen LogP contribution < -0.4 is 10.6 Å². The summed E-state index contributed by atoms with van der Waals surface area (Å²) in [4.78, 5) is 28.7. The van der Waals surface area contributed by atoms with Crippen LogP contribution in [0.25, 0.3) is 0 Å². The van der Waals surface area contributed by atoms with E-state index in [-0.39, 0.29) is 29.8 Å². The second-order valence-electron chi connectivity index (χ2n) is 6.92. The number of carbonyl (C=O) groups is 2. The van der Waals surface area contributed by atoms with E-state index in [1.807, 2.05) is 13.1 Å². The van der Waals surface area contributed by atoms with E-state index in [0.29, 0.717) is 0 Å². The van der Waals surface area contributed by atoms with Crippen LogP contribution in [0.2, 0.25) is 0 Å². The SMILES string of the molecule is CC(=O)NC(C(=O)NC1CCc2nc(C)cn2C1)C1CCCC1. The van der Waals surface area contributed by atoms with Crippen molar-refractivity contribution < 1.29 is 9.59 Å². The summed E-state index contributed by atoms with van der Waals surface area (Å²) < 4.78 is 2.13. The highest BCUT2D eigenvalue weighted by Crippen LogP contribution is 2.28. The summed E-state index contributed by atoms with van der Waals surface area (Å²) in [6.45, 7) is 4.24. The number of hydrogen-bond donors (Lipinski definition) is 2. The highest BCUT2D eigenvalue weighted by molar-refractivity contribution is 5.87. The molecule has 3 rings (SSSR count). The standard InChI is InChI=1S/C17H26N4O2/c1-11-9-21-10-14(7-8-15(21)18-11)20-17(23)16(19-12(2)22)13-5-3-4-6-13/h9,13-14,16H,3-8,10H2,1-2H3,(H,19,22)(H,20,23). The highest BCUT2D eigenvalue weighted by atomic mass is 16.2. The first-order valence-corrected chi connectivity index (χ1v) is 8.63. The Morgan fingerprint density at radius 2 is 2.04 bits per heavy atom. The predicted octanol–water partition coefficient (Wildman–Crippen LogP) is 1.32. The monoisotopic (exact) mass is 318 g/mol. The van der Waals surface area contributed by atoms with E-state index in [1.165, 1.54) is 6.92 Å². The van der Waals surface area contributed by atoms with Crippen LogP contribution in [0.1, 0.15) is 50.5 Å². The number of amides is 2. The molecule has 1 saturated carbocycles. The van der Waals surface area contributed by atoms with Gasteiger partial charge >= 0.3 is 0 Å². The first-order valence-electron chi connectivity index (χ1n) is 8.63. The Bertz CT molecular complexity index is 589. The normalized spacial score (nSPS) is 22.4. The van der Waals surface area contributed by atoms with E-state index >= 15 is 0 Å². The largest absolute Gasteiger partial charge is 0.350 e. The summed E-state index contributed by atoms with van der Waals surface area (Å²) in [5, 5.41) is 6.01. The molecule has 2 amide bonds. The number of nitrogens with zero attached hydrogens (tertiary/aromatic N) is 2. The van der Waals surface area contributed by atoms with Gasteiger partial charge < -0.3 is 15.2 Å². The van der Waals surface area contributed by atoms with Gasteiger partial charge in [-0.3, -0.25) is 9.59 Å². The van der Waals surface area contributed by atoms with Gasteiger partial charge in [0.1, 0.15) is 11.9 Å². The van der Waals surface area contributed by atoms with Crippen molar-refractivity contribution in [1.82, 2.24) is 20.2 Å². The molecule has 2 atom stereocenters. The Labute approximate surface area is 137 Å². The fourth-order valence-corrected chi connectivity index (χ4v) is 3.90. The minimum Gasteiger partial charge on any atom is -0.350 e. The van der Waals surface area contributed by atoms with Crippen molar-refractivity contribution in [2.45, 2.75) is 71.0 Å². The van der Waals surface area contributed by atoms with Crippen LogP contribution >= 0.6 is 0 Å². The van der Waals surface area contributed by atoms with E-state index in [1.54, 1.807) is 0 Å². The predicted molar refractivity (Wildman–Crippen MR) is 86.8 cm³/mol. The molecule has 2 aliphatic rings. The molecule has 2 N–H and O–H groups in total. The average molecular weight is 318 g/mol. The van der Waals surface area contributed by atoms with Gasteiger partial charge in [-0.1, -0.05) is 12.8 Å². The zero-order chi connectivity index (χ0) is 16.4. The first kappa shape index (κ1) is 16.0. The maximum atomic E-state index is 12.7. The summed E-state index contributed by atoms with van der Waals surface area (Å²) in [5.74, 6) is 1.21. The van der Waals surface area contributed by atoms with Gasteiger partial charge in [0, 0.05) is 32.1 Å². The summed E-state index contributed by atoms with van der Waals surface area (Å²) in [5.41, 5.74) is 1.02. The molecule has 0 saturated heterocycles. The number of fused-ring (bicyclic) bond motifs is 1. The van der Waals surface area contributed by atoms with Crippen LogP contribution in [0.15, 0.2) is 6.20 Å². The number of hydrogen-bond acceptors (Lipinski definition) is 3. The van der Waals surface area contributed by atoms with Crippen molar-refractivity contribution in [2.75, 3.05) is 0 Å². The third-order valence-electron chi connectivity index (χ3n) is 4.97. The van der Waals surface area contributed by atoms with E-state index in [2.05, 4.69) is 20.2 Å². The lowest BCUT2D eigenvalue weighted by atomic mass is 9.96. The molecule has 1 aliphatic heterocycles. The quantitative estimate of drug-likeness (QED) is 0.879. The third kappa shape index (κ3) is 3.74. The van der Waals surface area contributed by atoms with Crippen molar-refractivity contribution in [2.24, 2.45) is 5.92 Å². The van der Waals surface area contributed by atoms with E-state index < -0.39 is 0 Å². The first-order chi connectivity index (χ1) is 11.0. The van der Waals surface area contributed by atoms with Gasteiger partial charge in [0.05, 0.1) is 5.69 Å². The zero-order valence-corrected chi connectivity index (χ0v) is 14.0. The van der Waals surface area contributed by atoms with Gasteiger partial charge in [-0.25, -0.2) is 4.98 Å². The minimum absolute atomic E-state index is 0.0302. The van der Waals surface area contributed by atoms with Gasteiger partial charge in [-0.15, -0.1) is 0 Å². The van der Waals surface area contributed by atoms with Crippen LogP contribution in [0.3, 0.4) is 0 Å². The molecule has 1 aliphatic carbocycles. The molecule has 1 aromatic rings. The number of aromatic nitrogens is 2. The highest BCUT2D eigenvalue weighted by Gasteiger charge is 2.33. The molecular formula is C17H26N4O2. The molecule has 2 unspecified atom stereocenters. The van der Waals surface area contributed by atoms with Gasteiger partial charge in [0.2, 0.25) is 11.8 Å². The summed E-state index contributed by atoms with van der Waals surface area (Å²) in [6.07, 6.45) is 8.16. The molecule has 6 heteroatoms. The maximum Gasteiger partial charge on any atom is 0.243 e. The maximum absolute atomic E-state index is 12.7. The molecular weight excluding hydrogens is 292 g/mol. The fourth-order valence-electron chi connectivity index (χ4n) is 3.90. The van der Waals surface area contributed by atoms with E-state index in [9.17, 15) is 9.59 Å². The van der Waals surface area contributed by atoms with Crippen LogP contribution in [0.5, 0.6) is 0 Å². The second-order valence-corrected chi connectivity index (χ2v) is 6.92. The molecule has 6 nitrogen and oxygen atoms in total. The molecule has 0 aromatic carbocycles. The molecule has 2 heterocycles. The number of imidazole rings is 1. The zero-order valence-electron chi connectivity index (χ0n) is 14.0. The summed E-state index contributed by atoms with van der Waals surface area (Å²) in [6, 6.07) is -0.276. The Morgan fingerprint density at radius 3 is 2.74 bits per heavy atom. The molecule has 23 heavy (non-hydrogen) atoms. The van der Waals surface area contributed by atoms with Crippen LogP contribution in [0.4, 0.5) is 0 Å². The summed E-state index contributed by atoms with van der Waals surface area (Å²) >= 11 is 0. The fraction of sp³-hybridized carbons (Fsp3) is 0.706. The van der Waals surface area contributed by atoms with Crippen LogP contribution in [0, 0.1) is 12.8 Å². The van der Waals surface area contributed by atoms with Gasteiger partial charge in [-0.05, 0) is 32.1 Å². The molecule has 1 fully saturated rings. The third-order valence-corrected chi connectivity index (χ3v) is 4.97. The Hall–Kier alpha value is -1.85. The number of aryl methyl sites for hydroxylation is 2. The van der Waals surface area contributed by atoms with Crippen molar-refractivity contribution in [1.29, 1.82) is 0 Å². The molecule has 0 spiro atoms. The van der Waals surface area contributed by atoms with Gasteiger partial charge in [-0.2, -0.15) is 0 Å². The molecule has 0 radical (unpaired) electrons. The van der Waals surface area contributed by atoms with Crippen molar-refractivity contribution in [3.8, 4) is 0 Å². The Balaban J connectivity index is 1.63. The number of nitrogens with one attached hydrogen (secondary N) is 2. The minimum atomic E-state index is -0.388. The molecule has 126 valence electrons. The van der Waals surface area contributed by atoms with Gasteiger partial charge in [0.15, 0.2) is 0 Å². The van der Waals surface area contributed by atoms with Crippen LogP contribution in [-0.4, -0.2) is 33.4 Å². The average Bonchev–Trinajstić information content (AvgIpc) is 3.12. The smallest absolute Gasteiger partial charge is 0.243 e. The van der Waals surface area contributed by atoms with Crippen LogP contribution in [-0.2, 0) is 22.6 Å². The van der Waals surface area contributed by atoms with Crippen molar-refractivity contribution in [3.63, 3.8) is 0 Å². The lowest BCUT2D eigenvalue weighted by molar-refractivity contribution is -0.130. The van der Waals surface area contributed by atoms with E-state index in [4.69, 9.17) is 0 Å². The number of carbonyl (C=O) groups excluding carboxylic acids is 2. The lowest BCUT2D eigenvalue weighted by Gasteiger charge is -2.29. The number of rotatable bonds is 4. The second kappa shape index (κ2) is 6.72. The topological polar surface area (TPSA) is 76.0 Å². The molecule has 1 aromatic heterocycles. The Morgan fingerprint density at radius 1 is 1.30 bits per heavy atom. The Kier molecular flexibility index (Phi) is 4.68. The van der Waals surface area contributed by atoms with Gasteiger partial charge in [0.25, 0.3) is 0 Å².